The van der Waals surface area contributed by atoms with Crippen molar-refractivity contribution in [3.8, 4) is 0 Å². The minimum absolute atomic E-state index is 0.223. The highest BCUT2D eigenvalue weighted by molar-refractivity contribution is 8.01. The lowest BCUT2D eigenvalue weighted by molar-refractivity contribution is -0.130. The highest BCUT2D eigenvalue weighted by atomic mass is 35.5. The minimum atomic E-state index is 0.223. The quantitative estimate of drug-likeness (QED) is 0.758. The zero-order chi connectivity index (χ0) is 15.7. The van der Waals surface area contributed by atoms with E-state index in [1.165, 1.54) is 18.2 Å². The summed E-state index contributed by atoms with van der Waals surface area (Å²) in [7, 11) is 0. The van der Waals surface area contributed by atoms with E-state index < -0.39 is 0 Å². The number of thioether (sulfide) groups is 1. The van der Waals surface area contributed by atoms with E-state index in [4.69, 9.17) is 11.6 Å². The number of thiazole rings is 1. The second kappa shape index (κ2) is 6.77. The molecule has 0 bridgehead atoms. The molecule has 2 aromatic rings. The first kappa shape index (κ1) is 16.1. The number of amides is 1. The smallest absolute Gasteiger partial charge is 0.233 e. The molecule has 0 aliphatic carbocycles. The lowest BCUT2D eigenvalue weighted by atomic mass is 9.92. The van der Waals surface area contributed by atoms with Crippen molar-refractivity contribution < 1.29 is 4.79 Å². The van der Waals surface area contributed by atoms with Gasteiger partial charge in [0.15, 0.2) is 4.34 Å². The monoisotopic (exact) mass is 354 g/mol. The Morgan fingerprint density at radius 2 is 2.14 bits per heavy atom. The van der Waals surface area contributed by atoms with Gasteiger partial charge in [0.05, 0.1) is 16.0 Å². The number of halogens is 1. The van der Waals surface area contributed by atoms with E-state index in [-0.39, 0.29) is 5.91 Å². The summed E-state index contributed by atoms with van der Waals surface area (Å²) < 4.78 is 2.04. The molecule has 1 saturated heterocycles. The van der Waals surface area contributed by atoms with Crippen LogP contribution in [0.3, 0.4) is 0 Å². The third-order valence-corrected chi connectivity index (χ3v) is 6.27. The van der Waals surface area contributed by atoms with Gasteiger partial charge in [-0.25, -0.2) is 4.98 Å². The van der Waals surface area contributed by atoms with Gasteiger partial charge < -0.3 is 4.90 Å². The zero-order valence-electron chi connectivity index (χ0n) is 12.7. The van der Waals surface area contributed by atoms with Gasteiger partial charge in [-0.15, -0.1) is 11.3 Å². The first-order valence-corrected chi connectivity index (χ1v) is 9.66. The van der Waals surface area contributed by atoms with Crippen LogP contribution in [0.5, 0.6) is 0 Å². The summed E-state index contributed by atoms with van der Waals surface area (Å²) in [6.45, 7) is 6.22. The number of piperidine rings is 1. The Kier molecular flexibility index (Phi) is 4.95. The molecule has 3 nitrogen and oxygen atoms in total. The van der Waals surface area contributed by atoms with Crippen LogP contribution in [0.15, 0.2) is 22.5 Å². The van der Waals surface area contributed by atoms with Gasteiger partial charge in [0, 0.05) is 18.1 Å². The molecule has 1 aromatic carbocycles. The average molecular weight is 355 g/mol. The maximum atomic E-state index is 12.4. The van der Waals surface area contributed by atoms with Gasteiger partial charge >= 0.3 is 0 Å². The van der Waals surface area contributed by atoms with Crippen molar-refractivity contribution in [1.29, 1.82) is 0 Å². The SMILES string of the molecule is C[C@@H]1C[C@H](C)CN(C(=O)CSc2nc3cc(Cl)ccc3s2)C1. The Labute approximate surface area is 144 Å². The number of rotatable bonds is 3. The van der Waals surface area contributed by atoms with Crippen LogP contribution in [0.2, 0.25) is 5.02 Å². The van der Waals surface area contributed by atoms with Gasteiger partial charge in [0.1, 0.15) is 0 Å². The number of hydrogen-bond donors (Lipinski definition) is 0. The summed E-state index contributed by atoms with van der Waals surface area (Å²) in [6.07, 6.45) is 1.22. The molecule has 6 heteroatoms. The maximum Gasteiger partial charge on any atom is 0.233 e. The third-order valence-electron chi connectivity index (χ3n) is 3.87. The molecule has 1 aliphatic rings. The Bertz CT molecular complexity index is 678. The molecule has 0 radical (unpaired) electrons. The molecular formula is C16H19ClN2OS2. The molecule has 1 amide bonds. The normalized spacial score (nSPS) is 22.2. The standard InChI is InChI=1S/C16H19ClN2OS2/c1-10-5-11(2)8-19(7-10)15(20)9-21-16-18-13-6-12(17)3-4-14(13)22-16/h3-4,6,10-11H,5,7-9H2,1-2H3/t10-,11+. The Morgan fingerprint density at radius 1 is 1.41 bits per heavy atom. The second-order valence-electron chi connectivity index (χ2n) is 6.13. The highest BCUT2D eigenvalue weighted by Gasteiger charge is 2.25. The predicted octanol–water partition coefficient (Wildman–Crippen LogP) is 4.55. The van der Waals surface area contributed by atoms with Crippen molar-refractivity contribution in [2.75, 3.05) is 18.8 Å². The van der Waals surface area contributed by atoms with Crippen LogP contribution >= 0.6 is 34.7 Å². The number of fused-ring (bicyclic) bond motifs is 1. The van der Waals surface area contributed by atoms with Crippen LogP contribution in [0, 0.1) is 11.8 Å². The lowest BCUT2D eigenvalue weighted by Crippen LogP contribution is -2.43. The number of nitrogens with zero attached hydrogens (tertiary/aromatic N) is 2. The first-order valence-electron chi connectivity index (χ1n) is 7.48. The molecule has 2 heterocycles. The van der Waals surface area contributed by atoms with Gasteiger partial charge in [0.25, 0.3) is 0 Å². The summed E-state index contributed by atoms with van der Waals surface area (Å²) >= 11 is 9.13. The van der Waals surface area contributed by atoms with Crippen LogP contribution in [0.4, 0.5) is 0 Å². The minimum Gasteiger partial charge on any atom is -0.341 e. The van der Waals surface area contributed by atoms with Crippen molar-refractivity contribution >= 4 is 50.8 Å². The molecule has 0 spiro atoms. The molecule has 0 saturated carbocycles. The average Bonchev–Trinajstić information content (AvgIpc) is 2.85. The molecular weight excluding hydrogens is 336 g/mol. The first-order chi connectivity index (χ1) is 10.5. The number of aromatic nitrogens is 1. The summed E-state index contributed by atoms with van der Waals surface area (Å²) in [6, 6.07) is 5.72. The second-order valence-corrected chi connectivity index (χ2v) is 8.81. The molecule has 1 fully saturated rings. The van der Waals surface area contributed by atoms with E-state index >= 15 is 0 Å². The number of hydrogen-bond acceptors (Lipinski definition) is 4. The van der Waals surface area contributed by atoms with Gasteiger partial charge in [-0.3, -0.25) is 4.79 Å². The molecule has 118 valence electrons. The van der Waals surface area contributed by atoms with Crippen LogP contribution in [0.1, 0.15) is 20.3 Å². The molecule has 22 heavy (non-hydrogen) atoms. The zero-order valence-corrected chi connectivity index (χ0v) is 15.1. The largest absolute Gasteiger partial charge is 0.341 e. The molecule has 3 rings (SSSR count). The molecule has 2 atom stereocenters. The van der Waals surface area contributed by atoms with Gasteiger partial charge in [-0.1, -0.05) is 37.2 Å². The summed E-state index contributed by atoms with van der Waals surface area (Å²) in [4.78, 5) is 18.9. The summed E-state index contributed by atoms with van der Waals surface area (Å²) in [5.41, 5.74) is 0.910. The number of carbonyl (C=O) groups excluding carboxylic acids is 1. The Hall–Kier alpha value is -0.780. The van der Waals surface area contributed by atoms with E-state index in [9.17, 15) is 4.79 Å². The fourth-order valence-corrected chi connectivity index (χ4v) is 5.14. The Morgan fingerprint density at radius 3 is 2.86 bits per heavy atom. The van der Waals surface area contributed by atoms with Gasteiger partial charge in [0.2, 0.25) is 5.91 Å². The van der Waals surface area contributed by atoms with Crippen molar-refractivity contribution in [1.82, 2.24) is 9.88 Å². The van der Waals surface area contributed by atoms with E-state index in [0.29, 0.717) is 22.6 Å². The van der Waals surface area contributed by atoms with Crippen molar-refractivity contribution in [2.45, 2.75) is 24.6 Å². The van der Waals surface area contributed by atoms with E-state index in [2.05, 4.69) is 18.8 Å². The van der Waals surface area contributed by atoms with Crippen molar-refractivity contribution in [3.63, 3.8) is 0 Å². The van der Waals surface area contributed by atoms with Crippen molar-refractivity contribution in [2.24, 2.45) is 11.8 Å². The molecule has 1 aromatic heterocycles. The molecule has 1 aliphatic heterocycles. The van der Waals surface area contributed by atoms with E-state index in [1.807, 2.05) is 23.1 Å². The predicted molar refractivity (Wildman–Crippen MR) is 94.9 cm³/mol. The van der Waals surface area contributed by atoms with E-state index in [1.54, 1.807) is 11.3 Å². The summed E-state index contributed by atoms with van der Waals surface area (Å²) in [5.74, 6) is 1.89. The van der Waals surface area contributed by atoms with Crippen LogP contribution < -0.4 is 0 Å². The van der Waals surface area contributed by atoms with Crippen molar-refractivity contribution in [3.05, 3.63) is 23.2 Å². The molecule has 0 unspecified atom stereocenters. The topological polar surface area (TPSA) is 33.2 Å². The third kappa shape index (κ3) is 3.76. The van der Waals surface area contributed by atoms with Crippen LogP contribution in [0.25, 0.3) is 10.2 Å². The summed E-state index contributed by atoms with van der Waals surface area (Å²) in [5, 5.41) is 0.696. The van der Waals surface area contributed by atoms with E-state index in [0.717, 1.165) is 27.6 Å². The fourth-order valence-electron chi connectivity index (χ4n) is 3.02. The maximum absolute atomic E-state index is 12.4. The highest BCUT2D eigenvalue weighted by Crippen LogP contribution is 2.31. The number of likely N-dealkylation sites (tertiary alicyclic amines) is 1. The molecule has 0 N–H and O–H groups in total. The van der Waals surface area contributed by atoms with Crippen LogP contribution in [-0.2, 0) is 4.79 Å². The number of carbonyl (C=O) groups is 1. The lowest BCUT2D eigenvalue weighted by Gasteiger charge is -2.34. The fraction of sp³-hybridized carbons (Fsp3) is 0.500. The number of benzene rings is 1. The van der Waals surface area contributed by atoms with Crippen LogP contribution in [-0.4, -0.2) is 34.6 Å². The van der Waals surface area contributed by atoms with Gasteiger partial charge in [-0.05, 0) is 36.5 Å². The Balaban J connectivity index is 1.62. The van der Waals surface area contributed by atoms with Gasteiger partial charge in [-0.2, -0.15) is 0 Å².